The number of fused-ring (bicyclic) bond motifs is 2. The number of nitro benzene ring substituents is 1. The number of para-hydroxylation sites is 1. The minimum absolute atomic E-state index is 0.00362. The molecule has 0 bridgehead atoms. The summed E-state index contributed by atoms with van der Waals surface area (Å²) in [5.74, 6) is -0.847. The van der Waals surface area contributed by atoms with E-state index in [0.717, 1.165) is 11.3 Å². The van der Waals surface area contributed by atoms with Crippen molar-refractivity contribution in [3.8, 4) is 5.75 Å². The standard InChI is InChI=1S/C27H23FN2O5/c1-26(2)21-8-4-6-10-23(21)29(15-16-34-25(31)20-7-3-5-9-22(20)28)27(26)14-13-18-17-19(30(32)33)11-12-24(18)35-27/h3-14,17H,15-16H2,1-2H3. The predicted octanol–water partition coefficient (Wildman–Crippen LogP) is 5.49. The van der Waals surface area contributed by atoms with Gasteiger partial charge in [-0.25, -0.2) is 9.18 Å². The second-order valence-electron chi connectivity index (χ2n) is 9.02. The van der Waals surface area contributed by atoms with Crippen molar-refractivity contribution in [2.24, 2.45) is 0 Å². The third-order valence-electron chi connectivity index (χ3n) is 6.77. The van der Waals surface area contributed by atoms with E-state index in [1.807, 2.05) is 41.3 Å². The Morgan fingerprint density at radius 2 is 1.86 bits per heavy atom. The number of hydrogen-bond acceptors (Lipinski definition) is 6. The number of nitro groups is 1. The average molecular weight is 474 g/mol. The summed E-state index contributed by atoms with van der Waals surface area (Å²) in [6, 6.07) is 18.1. The maximum absolute atomic E-state index is 14.0. The maximum atomic E-state index is 14.0. The molecule has 0 fully saturated rings. The molecule has 0 aliphatic carbocycles. The second kappa shape index (κ2) is 8.23. The summed E-state index contributed by atoms with van der Waals surface area (Å²) in [6.07, 6.45) is 3.73. The third-order valence-corrected chi connectivity index (χ3v) is 6.77. The van der Waals surface area contributed by atoms with Gasteiger partial charge in [-0.3, -0.25) is 10.1 Å². The Morgan fingerprint density at radius 1 is 1.11 bits per heavy atom. The smallest absolute Gasteiger partial charge is 0.341 e. The van der Waals surface area contributed by atoms with Crippen molar-refractivity contribution in [1.29, 1.82) is 0 Å². The lowest BCUT2D eigenvalue weighted by Gasteiger charge is -2.47. The van der Waals surface area contributed by atoms with Crippen LogP contribution in [0.5, 0.6) is 5.75 Å². The number of ether oxygens (including phenoxy) is 2. The average Bonchev–Trinajstić information content (AvgIpc) is 3.02. The van der Waals surface area contributed by atoms with Crippen molar-refractivity contribution in [2.45, 2.75) is 25.0 Å². The molecule has 0 radical (unpaired) electrons. The fourth-order valence-electron chi connectivity index (χ4n) is 4.93. The quantitative estimate of drug-likeness (QED) is 0.276. The van der Waals surface area contributed by atoms with E-state index < -0.39 is 27.8 Å². The molecule has 8 heteroatoms. The van der Waals surface area contributed by atoms with Crippen molar-refractivity contribution in [3.05, 3.63) is 105 Å². The van der Waals surface area contributed by atoms with Crippen molar-refractivity contribution in [3.63, 3.8) is 0 Å². The van der Waals surface area contributed by atoms with Gasteiger partial charge in [0, 0.05) is 23.4 Å². The first-order chi connectivity index (χ1) is 16.7. The summed E-state index contributed by atoms with van der Waals surface area (Å²) in [7, 11) is 0. The van der Waals surface area contributed by atoms with Crippen LogP contribution in [0.15, 0.2) is 72.8 Å². The largest absolute Gasteiger partial charge is 0.463 e. The highest BCUT2D eigenvalue weighted by atomic mass is 19.1. The van der Waals surface area contributed by atoms with E-state index >= 15 is 0 Å². The number of carbonyl (C=O) groups excluding carboxylic acids is 1. The van der Waals surface area contributed by atoms with Crippen LogP contribution in [0.25, 0.3) is 6.08 Å². The van der Waals surface area contributed by atoms with Gasteiger partial charge in [0.2, 0.25) is 5.72 Å². The summed E-state index contributed by atoms with van der Waals surface area (Å²) >= 11 is 0. The van der Waals surface area contributed by atoms with Gasteiger partial charge in [-0.05, 0) is 55.8 Å². The first kappa shape index (κ1) is 22.6. The summed E-state index contributed by atoms with van der Waals surface area (Å²) in [5, 5.41) is 11.2. The molecule has 2 aliphatic heterocycles. The Bertz CT molecular complexity index is 1370. The second-order valence-corrected chi connectivity index (χ2v) is 9.02. The van der Waals surface area contributed by atoms with Gasteiger partial charge >= 0.3 is 5.97 Å². The summed E-state index contributed by atoms with van der Waals surface area (Å²) < 4.78 is 26.0. The first-order valence-electron chi connectivity index (χ1n) is 11.2. The maximum Gasteiger partial charge on any atom is 0.341 e. The molecule has 35 heavy (non-hydrogen) atoms. The lowest BCUT2D eigenvalue weighted by molar-refractivity contribution is -0.384. The van der Waals surface area contributed by atoms with Gasteiger partial charge in [-0.15, -0.1) is 0 Å². The zero-order valence-corrected chi connectivity index (χ0v) is 19.2. The van der Waals surface area contributed by atoms with E-state index in [0.29, 0.717) is 11.3 Å². The fourth-order valence-corrected chi connectivity index (χ4v) is 4.93. The Hall–Kier alpha value is -4.20. The Kier molecular flexibility index (Phi) is 5.31. The zero-order valence-electron chi connectivity index (χ0n) is 19.2. The molecule has 0 saturated heterocycles. The molecule has 178 valence electrons. The normalized spacial score (nSPS) is 19.1. The van der Waals surface area contributed by atoms with E-state index in [2.05, 4.69) is 13.8 Å². The molecule has 0 aromatic heterocycles. The Labute approximate surface area is 201 Å². The van der Waals surface area contributed by atoms with Crippen LogP contribution in [0.3, 0.4) is 0 Å². The lowest BCUT2D eigenvalue weighted by atomic mass is 9.76. The highest BCUT2D eigenvalue weighted by Gasteiger charge is 2.58. The van der Waals surface area contributed by atoms with E-state index in [1.54, 1.807) is 12.1 Å². The Morgan fingerprint density at radius 3 is 2.63 bits per heavy atom. The van der Waals surface area contributed by atoms with Gasteiger partial charge in [-0.1, -0.05) is 30.3 Å². The Balaban J connectivity index is 1.47. The van der Waals surface area contributed by atoms with Crippen LogP contribution >= 0.6 is 0 Å². The number of rotatable bonds is 5. The van der Waals surface area contributed by atoms with E-state index in [1.165, 1.54) is 30.3 Å². The van der Waals surface area contributed by atoms with Crippen LogP contribution in [-0.4, -0.2) is 29.8 Å². The molecule has 3 aromatic carbocycles. The number of esters is 1. The van der Waals surface area contributed by atoms with Gasteiger partial charge < -0.3 is 14.4 Å². The van der Waals surface area contributed by atoms with Crippen LogP contribution in [0.4, 0.5) is 15.8 Å². The number of benzene rings is 3. The predicted molar refractivity (Wildman–Crippen MR) is 129 cm³/mol. The molecular formula is C27H23FN2O5. The molecule has 0 N–H and O–H groups in total. The molecule has 5 rings (SSSR count). The number of anilines is 1. The van der Waals surface area contributed by atoms with Crippen molar-refractivity contribution in [1.82, 2.24) is 0 Å². The molecule has 2 heterocycles. The van der Waals surface area contributed by atoms with Crippen LogP contribution in [0.2, 0.25) is 0 Å². The minimum Gasteiger partial charge on any atom is -0.463 e. The van der Waals surface area contributed by atoms with Crippen molar-refractivity contribution >= 4 is 23.4 Å². The van der Waals surface area contributed by atoms with Gasteiger partial charge in [-0.2, -0.15) is 0 Å². The number of nitrogens with zero attached hydrogens (tertiary/aromatic N) is 2. The molecule has 1 unspecified atom stereocenters. The highest BCUT2D eigenvalue weighted by molar-refractivity contribution is 5.89. The molecule has 2 aliphatic rings. The van der Waals surface area contributed by atoms with Crippen LogP contribution in [-0.2, 0) is 10.2 Å². The fraction of sp³-hybridized carbons (Fsp3) is 0.222. The van der Waals surface area contributed by atoms with Gasteiger partial charge in [0.05, 0.1) is 22.4 Å². The minimum atomic E-state index is -0.968. The van der Waals surface area contributed by atoms with Crippen molar-refractivity contribution < 1.29 is 23.6 Å². The van der Waals surface area contributed by atoms with Crippen LogP contribution in [0.1, 0.15) is 35.3 Å². The van der Waals surface area contributed by atoms with E-state index in [-0.39, 0.29) is 24.4 Å². The number of hydrogen-bond donors (Lipinski definition) is 0. The van der Waals surface area contributed by atoms with Crippen molar-refractivity contribution in [2.75, 3.05) is 18.1 Å². The lowest BCUT2D eigenvalue weighted by Crippen LogP contribution is -2.60. The molecular weight excluding hydrogens is 451 g/mol. The summed E-state index contributed by atoms with van der Waals surface area (Å²) in [4.78, 5) is 25.2. The van der Waals surface area contributed by atoms with Gasteiger partial charge in [0.1, 0.15) is 18.2 Å². The summed E-state index contributed by atoms with van der Waals surface area (Å²) in [6.45, 7) is 4.42. The molecule has 1 spiro atoms. The van der Waals surface area contributed by atoms with E-state index in [4.69, 9.17) is 9.47 Å². The van der Waals surface area contributed by atoms with Gasteiger partial charge in [0.15, 0.2) is 0 Å². The number of non-ortho nitro benzene ring substituents is 1. The first-order valence-corrected chi connectivity index (χ1v) is 11.2. The SMILES string of the molecule is CC1(C)c2ccccc2N(CCOC(=O)c2ccccc2F)C12C=Cc1cc([N+](=O)[O-])ccc1O2. The number of carbonyl (C=O) groups is 1. The molecule has 3 aromatic rings. The molecule has 0 saturated carbocycles. The molecule has 1 atom stereocenters. The topological polar surface area (TPSA) is 81.9 Å². The summed E-state index contributed by atoms with van der Waals surface area (Å²) in [5.41, 5.74) is 0.971. The van der Waals surface area contributed by atoms with Crippen LogP contribution in [0, 0.1) is 15.9 Å². The third kappa shape index (κ3) is 3.53. The monoisotopic (exact) mass is 474 g/mol. The highest BCUT2D eigenvalue weighted by Crippen LogP contribution is 2.54. The molecule has 0 amide bonds. The van der Waals surface area contributed by atoms with Gasteiger partial charge in [0.25, 0.3) is 5.69 Å². The van der Waals surface area contributed by atoms with E-state index in [9.17, 15) is 19.3 Å². The van der Waals surface area contributed by atoms with Crippen LogP contribution < -0.4 is 9.64 Å². The molecule has 7 nitrogen and oxygen atoms in total. The number of halogens is 1. The zero-order chi connectivity index (χ0) is 24.8.